The van der Waals surface area contributed by atoms with Gasteiger partial charge in [-0.3, -0.25) is 14.4 Å². The minimum Gasteiger partial charge on any atom is -0.456 e. The Bertz CT molecular complexity index is 1760. The van der Waals surface area contributed by atoms with Crippen molar-refractivity contribution in [2.45, 2.75) is 263 Å². The number of nitrogens with zero attached hydrogens (tertiary/aromatic N) is 1. The summed E-state index contributed by atoms with van der Waals surface area (Å²) in [6.07, 6.45) is 27.1. The maximum Gasteiger partial charge on any atom is 0.329 e. The number of aliphatic hydroxyl groups excluding tert-OH is 2. The molecule has 3 N–H and O–H groups in total. The van der Waals surface area contributed by atoms with E-state index in [1.54, 1.807) is 35.2 Å². The smallest absolute Gasteiger partial charge is 0.329 e. The van der Waals surface area contributed by atoms with Crippen LogP contribution in [0.2, 0.25) is 0 Å². The van der Waals surface area contributed by atoms with Crippen LogP contribution in [0.1, 0.15) is 208 Å². The number of fused-ring (bicyclic) bond motifs is 3. The second kappa shape index (κ2) is 32.7. The highest BCUT2D eigenvalue weighted by atomic mass is 16.7. The number of Topliss-reactive ketones (excluding diaryl/α,β-unsaturated/α-hetero) is 2. The average molecular weight is 1030 g/mol. The van der Waals surface area contributed by atoms with E-state index in [0.717, 1.165) is 18.4 Å². The Morgan fingerprint density at radius 2 is 1.36 bits per heavy atom. The summed E-state index contributed by atoms with van der Waals surface area (Å²) in [6.45, 7) is 11.7. The fourth-order valence-electron chi connectivity index (χ4n) is 12.1. The van der Waals surface area contributed by atoms with Gasteiger partial charge in [0.1, 0.15) is 24.0 Å². The van der Waals surface area contributed by atoms with Gasteiger partial charge in [0.25, 0.3) is 11.7 Å². The number of hydrogen-bond donors (Lipinski definition) is 3. The largest absolute Gasteiger partial charge is 0.456 e. The third kappa shape index (κ3) is 19.3. The molecule has 0 radical (unpaired) electrons. The fraction of sp³-hybridized carbons (Fsp3) is 0.833. The molecule has 73 heavy (non-hydrogen) atoms. The highest BCUT2D eigenvalue weighted by Crippen LogP contribution is 2.39. The standard InChI is InChI=1S/C60H101NO12/c1-10-11-12-13-14-15-16-17-18-19-20-21-22-23-24-25-26-29-47-35-41(2)34-42(3)36-53(70-8)56-54(71-9)38-44(5)60(68,73-56)57(65)58(66)61-33-28-27-30-48(61)59(67)72-55(45(6)50(63)40-51(47)64)43(4)37-46-31-32-49(62)52(39-46)69-7/h25-26,35,37,42,44-50,52-56,62-63,68H,10-24,27-34,36,38-40H2,1-9H3/b26-25+,41-35+,43-37+/t42-,44+,45+,46-,47+,48-,49+,50-,52+,53-,54-,55+,56+,60+/m0/s1. The molecule has 0 aromatic rings. The van der Waals surface area contributed by atoms with Crippen LogP contribution in [0.15, 0.2) is 35.5 Å². The minimum atomic E-state index is -2.51. The number of allylic oxidation sites excluding steroid dienone is 5. The van der Waals surface area contributed by atoms with Gasteiger partial charge in [0.15, 0.2) is 0 Å². The van der Waals surface area contributed by atoms with Crippen LogP contribution < -0.4 is 0 Å². The highest BCUT2D eigenvalue weighted by molar-refractivity contribution is 6.39. The molecule has 3 heterocycles. The van der Waals surface area contributed by atoms with Crippen LogP contribution in [0.3, 0.4) is 0 Å². The lowest BCUT2D eigenvalue weighted by Gasteiger charge is -2.47. The Morgan fingerprint density at radius 3 is 1.97 bits per heavy atom. The number of aliphatic hydroxyl groups is 3. The predicted molar refractivity (Wildman–Crippen MR) is 286 cm³/mol. The molecule has 13 heteroatoms. The molecule has 1 aliphatic carbocycles. The zero-order valence-corrected chi connectivity index (χ0v) is 46.9. The number of carbonyl (C=O) groups is 4. The van der Waals surface area contributed by atoms with Gasteiger partial charge < -0.3 is 43.9 Å². The van der Waals surface area contributed by atoms with Crippen LogP contribution in [0.5, 0.6) is 0 Å². The van der Waals surface area contributed by atoms with Gasteiger partial charge in [0.05, 0.1) is 30.5 Å². The predicted octanol–water partition coefficient (Wildman–Crippen LogP) is 10.9. The Hall–Kier alpha value is -2.78. The maximum atomic E-state index is 14.6. The minimum absolute atomic E-state index is 0.0118. The van der Waals surface area contributed by atoms with Crippen molar-refractivity contribution in [2.75, 3.05) is 27.9 Å². The molecule has 0 aromatic carbocycles. The van der Waals surface area contributed by atoms with Crippen molar-refractivity contribution >= 4 is 23.4 Å². The average Bonchev–Trinajstić information content (AvgIpc) is 3.37. The van der Waals surface area contributed by atoms with Crippen molar-refractivity contribution in [1.82, 2.24) is 4.90 Å². The highest BCUT2D eigenvalue weighted by Gasteiger charge is 2.56. The van der Waals surface area contributed by atoms with E-state index < -0.39 is 83.9 Å². The van der Waals surface area contributed by atoms with Crippen molar-refractivity contribution in [3.63, 3.8) is 0 Å². The first-order chi connectivity index (χ1) is 35.0. The molecule has 4 rings (SSSR count). The lowest BCUT2D eigenvalue weighted by molar-refractivity contribution is -0.302. The Kier molecular flexibility index (Phi) is 28.1. The first kappa shape index (κ1) is 62.8. The van der Waals surface area contributed by atoms with Crippen LogP contribution in [0.4, 0.5) is 0 Å². The van der Waals surface area contributed by atoms with Crippen LogP contribution in [-0.4, -0.2) is 126 Å². The number of ketones is 2. The van der Waals surface area contributed by atoms with Crippen molar-refractivity contribution in [1.29, 1.82) is 0 Å². The summed E-state index contributed by atoms with van der Waals surface area (Å²) in [5.41, 5.74) is 1.67. The topological polar surface area (TPSA) is 178 Å². The van der Waals surface area contributed by atoms with E-state index in [1.165, 1.54) is 88.4 Å². The molecule has 0 aromatic heterocycles. The van der Waals surface area contributed by atoms with Gasteiger partial charge in [-0.05, 0) is 108 Å². The molecule has 4 aliphatic rings. The SMILES string of the molecule is CCCCCCCCCCCCCCCC/C=C/C[C@@H]1/C=C(\C)C[C@H](C)C[C@H](OC)[C@H]2O[C@@](O)(C(=O)C(=O)N3CCCC[C@H]3C(=O)O[C@H](/C(C)=C/[C@@H]3CC[C@@H](O)[C@H](OC)C3)[C@H](C)[C@@H](O)CC1=O)[C@H](C)C[C@@H]2OC. The zero-order chi connectivity index (χ0) is 53.5. The van der Waals surface area contributed by atoms with Gasteiger partial charge in [-0.15, -0.1) is 0 Å². The summed E-state index contributed by atoms with van der Waals surface area (Å²) in [5.74, 6) is -7.63. The first-order valence-electron chi connectivity index (χ1n) is 28.9. The molecule has 2 bridgehead atoms. The molecule has 13 nitrogen and oxygen atoms in total. The Balaban J connectivity index is 1.59. The molecule has 418 valence electrons. The number of amides is 1. The number of rotatable bonds is 22. The van der Waals surface area contributed by atoms with Crippen LogP contribution in [0, 0.1) is 29.6 Å². The first-order valence-corrected chi connectivity index (χ1v) is 28.9. The quantitative estimate of drug-likeness (QED) is 0.0405. The molecule has 3 fully saturated rings. The Morgan fingerprint density at radius 1 is 0.753 bits per heavy atom. The van der Waals surface area contributed by atoms with E-state index in [9.17, 15) is 34.5 Å². The number of esters is 1. The summed E-state index contributed by atoms with van der Waals surface area (Å²) in [7, 11) is 4.68. The van der Waals surface area contributed by atoms with Gasteiger partial charge in [0, 0.05) is 52.0 Å². The summed E-state index contributed by atoms with van der Waals surface area (Å²) >= 11 is 0. The number of methoxy groups -OCH3 is 3. The van der Waals surface area contributed by atoms with Crippen LogP contribution in [0.25, 0.3) is 0 Å². The van der Waals surface area contributed by atoms with E-state index >= 15 is 0 Å². The summed E-state index contributed by atoms with van der Waals surface area (Å²) < 4.78 is 30.2. The summed E-state index contributed by atoms with van der Waals surface area (Å²) in [6, 6.07) is -1.14. The fourth-order valence-corrected chi connectivity index (χ4v) is 12.1. The molecular weight excluding hydrogens is 927 g/mol. The van der Waals surface area contributed by atoms with E-state index in [0.29, 0.717) is 56.9 Å². The number of unbranched alkanes of at least 4 members (excludes halogenated alkanes) is 14. The molecule has 2 saturated heterocycles. The molecule has 0 unspecified atom stereocenters. The third-order valence-electron chi connectivity index (χ3n) is 16.7. The number of hydrogen-bond acceptors (Lipinski definition) is 12. The van der Waals surface area contributed by atoms with E-state index in [2.05, 4.69) is 26.0 Å². The number of cyclic esters (lactones) is 1. The second-order valence-electron chi connectivity index (χ2n) is 22.8. The number of carbonyl (C=O) groups excluding carboxylic acids is 4. The lowest BCUT2D eigenvalue weighted by Crippen LogP contribution is -2.64. The molecular formula is C60H101NO12. The number of piperidine rings is 1. The molecule has 1 amide bonds. The van der Waals surface area contributed by atoms with Crippen molar-refractivity contribution in [3.8, 4) is 0 Å². The van der Waals surface area contributed by atoms with Crippen LogP contribution in [-0.2, 0) is 42.9 Å². The summed E-state index contributed by atoms with van der Waals surface area (Å²) in [5, 5.41) is 34.8. The van der Waals surface area contributed by atoms with Gasteiger partial charge in [-0.25, -0.2) is 4.79 Å². The van der Waals surface area contributed by atoms with Crippen LogP contribution >= 0.6 is 0 Å². The van der Waals surface area contributed by atoms with Gasteiger partial charge >= 0.3 is 5.97 Å². The maximum absolute atomic E-state index is 14.6. The summed E-state index contributed by atoms with van der Waals surface area (Å²) in [4.78, 5) is 59.1. The van der Waals surface area contributed by atoms with Gasteiger partial charge in [-0.1, -0.05) is 141 Å². The molecule has 14 atom stereocenters. The van der Waals surface area contributed by atoms with Crippen molar-refractivity contribution < 1.29 is 58.2 Å². The van der Waals surface area contributed by atoms with Crippen molar-refractivity contribution in [2.24, 2.45) is 29.6 Å². The van der Waals surface area contributed by atoms with Gasteiger partial charge in [0.2, 0.25) is 5.79 Å². The van der Waals surface area contributed by atoms with E-state index in [4.69, 9.17) is 23.7 Å². The van der Waals surface area contributed by atoms with Crippen molar-refractivity contribution in [3.05, 3.63) is 35.5 Å². The zero-order valence-electron chi connectivity index (χ0n) is 46.9. The molecule has 1 saturated carbocycles. The third-order valence-corrected chi connectivity index (χ3v) is 16.7. The molecule has 0 spiro atoms. The normalized spacial score (nSPS) is 34.8. The van der Waals surface area contributed by atoms with Gasteiger partial charge in [-0.2, -0.15) is 0 Å². The second-order valence-corrected chi connectivity index (χ2v) is 22.8. The molecule has 3 aliphatic heterocycles. The Labute approximate surface area is 441 Å². The number of ether oxygens (including phenoxy) is 5. The lowest BCUT2D eigenvalue weighted by atomic mass is 9.81. The monoisotopic (exact) mass is 1030 g/mol. The van der Waals surface area contributed by atoms with E-state index in [1.807, 2.05) is 26.0 Å². The van der Waals surface area contributed by atoms with E-state index in [-0.39, 0.29) is 49.5 Å².